The Bertz CT molecular complexity index is 1240. The first-order valence-corrected chi connectivity index (χ1v) is 12.2. The molecule has 9 nitrogen and oxygen atoms in total. The molecule has 11 heteroatoms. The van der Waals surface area contributed by atoms with Gasteiger partial charge in [0.1, 0.15) is 5.01 Å². The molecule has 1 aromatic heterocycles. The van der Waals surface area contributed by atoms with Crippen LogP contribution >= 0.6 is 11.3 Å². The molecule has 0 spiro atoms. The molecule has 0 unspecified atom stereocenters. The third-order valence-electron chi connectivity index (χ3n) is 5.18. The summed E-state index contributed by atoms with van der Waals surface area (Å²) in [5.74, 6) is -0.127. The molecule has 3 aromatic rings. The van der Waals surface area contributed by atoms with E-state index in [0.717, 1.165) is 10.6 Å². The van der Waals surface area contributed by atoms with Crippen LogP contribution in [-0.4, -0.2) is 59.6 Å². The number of hydrogen-bond donors (Lipinski definition) is 0. The highest BCUT2D eigenvalue weighted by Crippen LogP contribution is 2.27. The minimum Gasteiger partial charge on any atom is -0.340 e. The van der Waals surface area contributed by atoms with Gasteiger partial charge < -0.3 is 4.90 Å². The summed E-state index contributed by atoms with van der Waals surface area (Å²) in [5.41, 5.74) is 1.21. The van der Waals surface area contributed by atoms with Gasteiger partial charge in [-0.3, -0.25) is 14.9 Å². The summed E-state index contributed by atoms with van der Waals surface area (Å²) < 4.78 is 27.0. The molecular formula is C21H20N4O5S2. The zero-order valence-electron chi connectivity index (χ0n) is 17.0. The molecule has 1 aliphatic rings. The normalized spacial score (nSPS) is 14.9. The Balaban J connectivity index is 1.39. The Hall–Kier alpha value is -3.15. The van der Waals surface area contributed by atoms with E-state index < -0.39 is 20.6 Å². The number of amides is 1. The fourth-order valence-electron chi connectivity index (χ4n) is 3.51. The van der Waals surface area contributed by atoms with Crippen LogP contribution in [0, 0.1) is 10.1 Å². The SMILES string of the molecule is O=C(Cc1csc(-c2ccccc2)n1)N1CCN(S(=O)(=O)c2ccccc2[N+](=O)[O-])CC1. The Labute approximate surface area is 189 Å². The van der Waals surface area contributed by atoms with Crippen molar-refractivity contribution in [3.8, 4) is 10.6 Å². The highest BCUT2D eigenvalue weighted by atomic mass is 32.2. The monoisotopic (exact) mass is 472 g/mol. The number of carbonyl (C=O) groups excluding carboxylic acids is 1. The fraction of sp³-hybridized carbons (Fsp3) is 0.238. The van der Waals surface area contributed by atoms with Gasteiger partial charge >= 0.3 is 0 Å². The van der Waals surface area contributed by atoms with E-state index in [1.54, 1.807) is 4.90 Å². The van der Waals surface area contributed by atoms with Gasteiger partial charge in [-0.25, -0.2) is 13.4 Å². The molecule has 0 bridgehead atoms. The maximum atomic E-state index is 12.9. The topological polar surface area (TPSA) is 114 Å². The van der Waals surface area contributed by atoms with Crippen molar-refractivity contribution in [2.24, 2.45) is 0 Å². The van der Waals surface area contributed by atoms with E-state index in [9.17, 15) is 23.3 Å². The first-order chi connectivity index (χ1) is 15.4. The van der Waals surface area contributed by atoms with Crippen LogP contribution in [0.5, 0.6) is 0 Å². The second-order valence-corrected chi connectivity index (χ2v) is 9.96. The van der Waals surface area contributed by atoms with Gasteiger partial charge in [0, 0.05) is 43.2 Å². The van der Waals surface area contributed by atoms with Crippen LogP contribution in [0.25, 0.3) is 10.6 Å². The molecule has 0 saturated carbocycles. The Kier molecular flexibility index (Phi) is 6.31. The van der Waals surface area contributed by atoms with Gasteiger partial charge in [0.25, 0.3) is 5.69 Å². The van der Waals surface area contributed by atoms with Crippen molar-refractivity contribution in [1.82, 2.24) is 14.2 Å². The van der Waals surface area contributed by atoms with Gasteiger partial charge in [0.15, 0.2) is 4.90 Å². The van der Waals surface area contributed by atoms with Gasteiger partial charge in [-0.05, 0) is 6.07 Å². The smallest absolute Gasteiger partial charge is 0.289 e. The van der Waals surface area contributed by atoms with Crippen molar-refractivity contribution in [1.29, 1.82) is 0 Å². The zero-order chi connectivity index (χ0) is 22.7. The van der Waals surface area contributed by atoms with Crippen molar-refractivity contribution in [3.05, 3.63) is 75.8 Å². The highest BCUT2D eigenvalue weighted by Gasteiger charge is 2.34. The van der Waals surface area contributed by atoms with Gasteiger partial charge in [-0.15, -0.1) is 11.3 Å². The number of carbonyl (C=O) groups is 1. The molecule has 0 N–H and O–H groups in total. The van der Waals surface area contributed by atoms with E-state index in [4.69, 9.17) is 0 Å². The molecule has 1 amide bonds. The maximum absolute atomic E-state index is 12.9. The molecule has 1 saturated heterocycles. The van der Waals surface area contributed by atoms with Crippen molar-refractivity contribution in [2.75, 3.05) is 26.2 Å². The third-order valence-corrected chi connectivity index (χ3v) is 8.06. The number of sulfonamides is 1. The molecule has 0 radical (unpaired) electrons. The summed E-state index contributed by atoms with van der Waals surface area (Å²) in [6.07, 6.45) is 0.139. The van der Waals surface area contributed by atoms with Crippen LogP contribution in [0.2, 0.25) is 0 Å². The fourth-order valence-corrected chi connectivity index (χ4v) is 5.92. The summed E-state index contributed by atoms with van der Waals surface area (Å²) in [6.45, 7) is 0.585. The largest absolute Gasteiger partial charge is 0.340 e. The van der Waals surface area contributed by atoms with Crippen molar-refractivity contribution in [2.45, 2.75) is 11.3 Å². The molecule has 2 aromatic carbocycles. The molecule has 32 heavy (non-hydrogen) atoms. The predicted octanol–water partition coefficient (Wildman–Crippen LogP) is 2.79. The lowest BCUT2D eigenvalue weighted by molar-refractivity contribution is -0.387. The minimum absolute atomic E-state index is 0.0758. The van der Waals surface area contributed by atoms with E-state index in [1.807, 2.05) is 35.7 Å². The van der Waals surface area contributed by atoms with Crippen molar-refractivity contribution >= 4 is 33.0 Å². The van der Waals surface area contributed by atoms with E-state index >= 15 is 0 Å². The summed E-state index contributed by atoms with van der Waals surface area (Å²) in [6, 6.07) is 15.0. The van der Waals surface area contributed by atoms with Crippen LogP contribution < -0.4 is 0 Å². The molecular weight excluding hydrogens is 452 g/mol. The number of benzene rings is 2. The van der Waals surface area contributed by atoms with Crippen LogP contribution in [0.4, 0.5) is 5.69 Å². The molecule has 4 rings (SSSR count). The number of nitrogens with zero attached hydrogens (tertiary/aromatic N) is 4. The summed E-state index contributed by atoms with van der Waals surface area (Å²) in [4.78, 5) is 29.0. The second kappa shape index (κ2) is 9.15. The first kappa shape index (κ1) is 22.1. The number of piperazine rings is 1. The number of para-hydroxylation sites is 1. The average Bonchev–Trinajstić information content (AvgIpc) is 3.28. The van der Waals surface area contributed by atoms with E-state index in [0.29, 0.717) is 5.69 Å². The van der Waals surface area contributed by atoms with Crippen molar-refractivity contribution in [3.63, 3.8) is 0 Å². The molecule has 1 aliphatic heterocycles. The number of nitro groups is 1. The Morgan fingerprint density at radius 3 is 2.38 bits per heavy atom. The van der Waals surface area contributed by atoms with Crippen LogP contribution in [-0.2, 0) is 21.2 Å². The Morgan fingerprint density at radius 2 is 1.69 bits per heavy atom. The molecule has 166 valence electrons. The lowest BCUT2D eigenvalue weighted by atomic mass is 10.2. The number of thiazole rings is 1. The average molecular weight is 473 g/mol. The van der Waals surface area contributed by atoms with Gasteiger partial charge in [-0.2, -0.15) is 4.31 Å². The predicted molar refractivity (Wildman–Crippen MR) is 120 cm³/mol. The standard InChI is InChI=1S/C21H20N4O5S2/c26-20(14-17-15-31-21(22-17)16-6-2-1-3-7-16)23-10-12-24(13-11-23)32(29,30)19-9-5-4-8-18(19)25(27)28/h1-9,15H,10-14H2. The minimum atomic E-state index is -4.03. The number of nitro benzene ring substituents is 1. The quantitative estimate of drug-likeness (QED) is 0.403. The highest BCUT2D eigenvalue weighted by molar-refractivity contribution is 7.89. The molecule has 1 fully saturated rings. The third kappa shape index (κ3) is 4.54. The second-order valence-electron chi connectivity index (χ2n) is 7.20. The van der Waals surface area contributed by atoms with Gasteiger partial charge in [-0.1, -0.05) is 42.5 Å². The van der Waals surface area contributed by atoms with Crippen molar-refractivity contribution < 1.29 is 18.1 Å². The summed E-state index contributed by atoms with van der Waals surface area (Å²) in [7, 11) is -4.03. The number of rotatable bonds is 6. The summed E-state index contributed by atoms with van der Waals surface area (Å²) >= 11 is 1.47. The lowest BCUT2D eigenvalue weighted by Crippen LogP contribution is -2.50. The molecule has 0 atom stereocenters. The maximum Gasteiger partial charge on any atom is 0.289 e. The summed E-state index contributed by atoms with van der Waals surface area (Å²) in [5, 5.41) is 13.9. The first-order valence-electron chi connectivity index (χ1n) is 9.87. The van der Waals surface area contributed by atoms with E-state index in [2.05, 4.69) is 4.98 Å². The van der Waals surface area contributed by atoms with Crippen LogP contribution in [0.15, 0.2) is 64.9 Å². The van der Waals surface area contributed by atoms with E-state index in [-0.39, 0.29) is 43.4 Å². The van der Waals surface area contributed by atoms with Crippen LogP contribution in [0.3, 0.4) is 0 Å². The van der Waals surface area contributed by atoms with E-state index in [1.165, 1.54) is 39.9 Å². The van der Waals surface area contributed by atoms with Gasteiger partial charge in [0.2, 0.25) is 15.9 Å². The molecule has 2 heterocycles. The van der Waals surface area contributed by atoms with Crippen LogP contribution in [0.1, 0.15) is 5.69 Å². The number of hydrogen-bond acceptors (Lipinski definition) is 7. The number of aromatic nitrogens is 1. The Morgan fingerprint density at radius 1 is 1.03 bits per heavy atom. The molecule has 0 aliphatic carbocycles. The van der Waals surface area contributed by atoms with Gasteiger partial charge in [0.05, 0.1) is 17.0 Å². The lowest BCUT2D eigenvalue weighted by Gasteiger charge is -2.33. The zero-order valence-corrected chi connectivity index (χ0v) is 18.6.